The molecular formula is C36H59NO11S. The molecule has 7 aliphatic rings. The summed E-state index contributed by atoms with van der Waals surface area (Å²) in [5, 5.41) is 21.9. The van der Waals surface area contributed by atoms with Gasteiger partial charge in [0.25, 0.3) is 0 Å². The van der Waals surface area contributed by atoms with Gasteiger partial charge in [-0.15, -0.1) is 0 Å². The van der Waals surface area contributed by atoms with E-state index in [-0.39, 0.29) is 47.9 Å². The van der Waals surface area contributed by atoms with E-state index in [0.29, 0.717) is 30.1 Å². The van der Waals surface area contributed by atoms with Crippen molar-refractivity contribution in [2.75, 3.05) is 13.2 Å². The molecule has 12 nitrogen and oxygen atoms in total. The van der Waals surface area contributed by atoms with Crippen LogP contribution >= 0.6 is 0 Å². The highest BCUT2D eigenvalue weighted by Crippen LogP contribution is 2.68. The third-order valence-corrected chi connectivity index (χ3v) is 15.1. The summed E-state index contributed by atoms with van der Waals surface area (Å²) in [5.41, 5.74) is 0.245. The first-order valence-electron chi connectivity index (χ1n) is 18.7. The van der Waals surface area contributed by atoms with Crippen LogP contribution in [0, 0.1) is 46.3 Å². The lowest BCUT2D eigenvalue weighted by Gasteiger charge is -2.62. The highest BCUT2D eigenvalue weighted by molar-refractivity contribution is 7.85. The molecule has 1 amide bonds. The van der Waals surface area contributed by atoms with Crippen LogP contribution in [0.15, 0.2) is 0 Å². The Morgan fingerprint density at radius 3 is 2.39 bits per heavy atom. The minimum absolute atomic E-state index is 0.0543. The maximum atomic E-state index is 13.0. The van der Waals surface area contributed by atoms with Crippen LogP contribution in [0.25, 0.3) is 0 Å². The zero-order valence-corrected chi connectivity index (χ0v) is 31.1. The van der Waals surface area contributed by atoms with Crippen molar-refractivity contribution in [3.05, 3.63) is 0 Å². The zero-order chi connectivity index (χ0) is 35.4. The number of hydrogen-bond donors (Lipinski definition) is 3. The molecule has 4 aliphatic carbocycles. The largest absolute Gasteiger partial charge is 0.393 e. The van der Waals surface area contributed by atoms with Crippen LogP contribution in [0.1, 0.15) is 113 Å². The molecule has 0 spiro atoms. The number of hydrogen-bond acceptors (Lipinski definition) is 11. The highest BCUT2D eigenvalue weighted by Gasteiger charge is 2.66. The van der Waals surface area contributed by atoms with Gasteiger partial charge in [0.15, 0.2) is 11.6 Å². The van der Waals surface area contributed by atoms with Crippen molar-refractivity contribution >= 4 is 16.2 Å². The molecule has 3 saturated heterocycles. The smallest absolute Gasteiger partial charge is 0.362 e. The molecule has 5 unspecified atom stereocenters. The summed E-state index contributed by atoms with van der Waals surface area (Å²) in [7, 11) is -4.47. The molecule has 3 aliphatic heterocycles. The van der Waals surface area contributed by atoms with Gasteiger partial charge < -0.3 is 33.9 Å². The van der Waals surface area contributed by atoms with Gasteiger partial charge in [0.2, 0.25) is 11.7 Å². The number of aliphatic hydroxyl groups is 2. The Morgan fingerprint density at radius 1 is 0.918 bits per heavy atom. The Morgan fingerprint density at radius 2 is 1.63 bits per heavy atom. The second-order valence-corrected chi connectivity index (χ2v) is 19.4. The van der Waals surface area contributed by atoms with Crippen molar-refractivity contribution in [2.45, 2.75) is 161 Å². The van der Waals surface area contributed by atoms with Gasteiger partial charge in [-0.05, 0) is 132 Å². The molecule has 0 aromatic carbocycles. The Labute approximate surface area is 291 Å². The minimum atomic E-state index is -4.47. The van der Waals surface area contributed by atoms with E-state index in [1.54, 1.807) is 27.7 Å². The third kappa shape index (κ3) is 6.43. The number of fused-ring (bicyclic) bond motifs is 8. The van der Waals surface area contributed by atoms with Gasteiger partial charge in [0, 0.05) is 6.42 Å². The predicted octanol–water partition coefficient (Wildman–Crippen LogP) is 4.17. The van der Waals surface area contributed by atoms with E-state index in [0.717, 1.165) is 51.4 Å². The van der Waals surface area contributed by atoms with Crippen molar-refractivity contribution in [1.82, 2.24) is 4.72 Å². The molecule has 7 fully saturated rings. The molecular weight excluding hydrogens is 654 g/mol. The predicted molar refractivity (Wildman–Crippen MR) is 177 cm³/mol. The summed E-state index contributed by atoms with van der Waals surface area (Å²) >= 11 is 0. The Hall–Kier alpha value is -0.900. The van der Waals surface area contributed by atoms with Crippen molar-refractivity contribution in [3.63, 3.8) is 0 Å². The fraction of sp³-hybridized carbons (Fsp3) is 0.972. The number of nitrogens with one attached hydrogen (secondary N) is 1. The van der Waals surface area contributed by atoms with Gasteiger partial charge in [-0.2, -0.15) is 8.42 Å². The number of aliphatic hydroxyl groups excluding tert-OH is 2. The monoisotopic (exact) mass is 713 g/mol. The molecule has 7 rings (SSSR count). The first-order valence-corrected chi connectivity index (χ1v) is 20.1. The summed E-state index contributed by atoms with van der Waals surface area (Å²) in [6.45, 7) is 13.6. The second kappa shape index (κ2) is 12.3. The molecule has 3 N–H and O–H groups in total. The fourth-order valence-corrected chi connectivity index (χ4v) is 12.8. The summed E-state index contributed by atoms with van der Waals surface area (Å²) in [6, 6.07) is 0. The van der Waals surface area contributed by atoms with Gasteiger partial charge in [0.1, 0.15) is 24.9 Å². The number of rotatable bonds is 8. The van der Waals surface area contributed by atoms with Crippen molar-refractivity contribution in [2.24, 2.45) is 46.3 Å². The second-order valence-electron chi connectivity index (χ2n) is 18.0. The lowest BCUT2D eigenvalue weighted by atomic mass is 9.43. The number of ether oxygens (including phenoxy) is 5. The lowest BCUT2D eigenvalue weighted by molar-refractivity contribution is -0.290. The van der Waals surface area contributed by atoms with Crippen LogP contribution in [0.2, 0.25) is 0 Å². The first kappa shape index (κ1) is 36.5. The highest BCUT2D eigenvalue weighted by atomic mass is 32.2. The van der Waals surface area contributed by atoms with Crippen LogP contribution in [-0.4, -0.2) is 85.6 Å². The van der Waals surface area contributed by atoms with Crippen LogP contribution in [0.3, 0.4) is 0 Å². The molecule has 280 valence electrons. The average Bonchev–Trinajstić information content (AvgIpc) is 3.62. The summed E-state index contributed by atoms with van der Waals surface area (Å²) in [5.74, 6) is -1.97. The van der Waals surface area contributed by atoms with Crippen molar-refractivity contribution < 1.29 is 51.3 Å². The Kier molecular flexibility index (Phi) is 9.17. The van der Waals surface area contributed by atoms with E-state index in [9.17, 15) is 23.4 Å². The number of carbonyl (C=O) groups excluding carboxylic acids is 1. The molecule has 13 heteroatoms. The van der Waals surface area contributed by atoms with Crippen LogP contribution in [0.5, 0.6) is 0 Å². The van der Waals surface area contributed by atoms with Gasteiger partial charge in [0.05, 0.1) is 18.8 Å². The summed E-state index contributed by atoms with van der Waals surface area (Å²) in [4.78, 5) is 13.0. The molecule has 0 bridgehead atoms. The molecule has 0 aromatic rings. The van der Waals surface area contributed by atoms with E-state index >= 15 is 0 Å². The zero-order valence-electron chi connectivity index (χ0n) is 30.3. The van der Waals surface area contributed by atoms with E-state index in [4.69, 9.17) is 27.9 Å². The van der Waals surface area contributed by atoms with Gasteiger partial charge in [-0.1, -0.05) is 20.8 Å². The lowest BCUT2D eigenvalue weighted by Crippen LogP contribution is -2.60. The van der Waals surface area contributed by atoms with Gasteiger partial charge in [-0.3, -0.25) is 4.79 Å². The SMILES string of the molecule is C[C@H](CCC(=O)NS(=O)(=O)OC[C@@]12OC[C@H]3OC(C)(C)O[C@H]3C1OC(C)(C)O2)[C@H]1CCC2C3C(O)C[C@@H]4C[C@H](O)CC[C@]4(C)C3CC[C@@]21C. The molecule has 49 heavy (non-hydrogen) atoms. The standard InChI is InChI=1S/C36H59NO11S/c1-20(23-9-10-24-29-25(13-15-35(23,24)7)34(6)14-12-22(38)16-21(34)17-26(29)39)8-11-28(40)37-49(41,42)44-19-36-31(47-33(4,5)48-36)30-27(18-43-36)45-32(2,3)46-30/h20-27,29-31,38-39H,8-19H2,1-7H3,(H,37,40)/t20-,21+,22-,23-,24?,25?,26?,27-,29?,30-,31?,34+,35-,36+/m1/s1. The van der Waals surface area contributed by atoms with E-state index in [2.05, 4.69) is 25.5 Å². The molecule has 4 saturated carbocycles. The van der Waals surface area contributed by atoms with Crippen molar-refractivity contribution in [1.29, 1.82) is 0 Å². The Bertz CT molecular complexity index is 1390. The minimum Gasteiger partial charge on any atom is -0.393 e. The summed E-state index contributed by atoms with van der Waals surface area (Å²) in [6.07, 6.45) is 6.05. The van der Waals surface area contributed by atoms with Crippen LogP contribution in [0.4, 0.5) is 0 Å². The number of amides is 1. The molecule has 3 heterocycles. The molecule has 0 aromatic heterocycles. The normalized spacial score (nSPS) is 48.8. The molecule has 14 atom stereocenters. The van der Waals surface area contributed by atoms with Gasteiger partial charge >= 0.3 is 10.3 Å². The maximum absolute atomic E-state index is 13.0. The quantitative estimate of drug-likeness (QED) is 0.332. The topological polar surface area (TPSA) is 159 Å². The van der Waals surface area contributed by atoms with Crippen LogP contribution < -0.4 is 4.72 Å². The van der Waals surface area contributed by atoms with Crippen LogP contribution in [-0.2, 0) is 43.0 Å². The van der Waals surface area contributed by atoms with E-state index < -0.39 is 58.5 Å². The molecule has 0 radical (unpaired) electrons. The fourth-order valence-electron chi connectivity index (χ4n) is 12.1. The first-order chi connectivity index (χ1) is 22.8. The third-order valence-electron chi connectivity index (χ3n) is 14.2. The van der Waals surface area contributed by atoms with Gasteiger partial charge in [-0.25, -0.2) is 8.91 Å². The number of carbonyl (C=O) groups is 1. The Balaban J connectivity index is 0.940. The van der Waals surface area contributed by atoms with E-state index in [1.807, 2.05) is 0 Å². The maximum Gasteiger partial charge on any atom is 0.362 e. The average molecular weight is 714 g/mol. The van der Waals surface area contributed by atoms with Crippen molar-refractivity contribution in [3.8, 4) is 0 Å². The summed E-state index contributed by atoms with van der Waals surface area (Å²) < 4.78 is 63.6. The van der Waals surface area contributed by atoms with E-state index in [1.165, 1.54) is 0 Å².